The molecule has 142 valence electrons. The highest BCUT2D eigenvalue weighted by atomic mass is 35.5. The minimum absolute atomic E-state index is 0.210. The van der Waals surface area contributed by atoms with Crippen LogP contribution in [0, 0.1) is 0 Å². The summed E-state index contributed by atoms with van der Waals surface area (Å²) in [6, 6.07) is 15.8. The Balaban J connectivity index is 1.67. The molecule has 3 rings (SSSR count). The lowest BCUT2D eigenvalue weighted by atomic mass is 9.94. The molecule has 0 radical (unpaired) electrons. The van der Waals surface area contributed by atoms with Crippen LogP contribution in [0.15, 0.2) is 54.6 Å². The highest BCUT2D eigenvalue weighted by molar-refractivity contribution is 7.98. The summed E-state index contributed by atoms with van der Waals surface area (Å²) in [5.41, 5.74) is 3.80. The topological polar surface area (TPSA) is 82.3 Å². The van der Waals surface area contributed by atoms with Crippen LogP contribution in [0.5, 0.6) is 0 Å². The van der Waals surface area contributed by atoms with Crippen molar-refractivity contribution in [1.29, 1.82) is 0 Å². The lowest BCUT2D eigenvalue weighted by molar-refractivity contribution is -0.124. The molecule has 0 bridgehead atoms. The second-order valence-corrected chi connectivity index (χ2v) is 8.11. The molecule has 0 spiro atoms. The average Bonchev–Trinajstić information content (AvgIpc) is 3.10. The molecule has 4 N–H and O–H groups in total. The zero-order chi connectivity index (χ0) is 19.4. The summed E-state index contributed by atoms with van der Waals surface area (Å²) < 4.78 is 0. The summed E-state index contributed by atoms with van der Waals surface area (Å²) in [6.45, 7) is 3.88. The zero-order valence-corrected chi connectivity index (χ0v) is 16.5. The van der Waals surface area contributed by atoms with Crippen molar-refractivity contribution in [2.75, 3.05) is 0 Å². The highest BCUT2D eigenvalue weighted by Gasteiger charge is 2.37. The molecule has 0 saturated carbocycles. The van der Waals surface area contributed by atoms with Gasteiger partial charge in [0, 0.05) is 10.6 Å². The van der Waals surface area contributed by atoms with E-state index in [1.54, 1.807) is 24.3 Å². The van der Waals surface area contributed by atoms with Gasteiger partial charge in [-0.25, -0.2) is 5.43 Å². The fourth-order valence-electron chi connectivity index (χ4n) is 2.78. The van der Waals surface area contributed by atoms with E-state index in [0.29, 0.717) is 10.6 Å². The second kappa shape index (κ2) is 8.31. The van der Waals surface area contributed by atoms with Crippen molar-refractivity contribution in [2.24, 2.45) is 0 Å². The van der Waals surface area contributed by atoms with E-state index in [4.69, 9.17) is 11.6 Å². The van der Waals surface area contributed by atoms with Crippen LogP contribution >= 0.6 is 23.5 Å². The van der Waals surface area contributed by atoms with Gasteiger partial charge in [0.25, 0.3) is 5.91 Å². The van der Waals surface area contributed by atoms with Gasteiger partial charge in [-0.15, -0.1) is 0 Å². The number of hydrogen-bond donors (Lipinski definition) is 4. The fourth-order valence-corrected chi connectivity index (χ4v) is 3.78. The van der Waals surface area contributed by atoms with Crippen LogP contribution in [0.3, 0.4) is 0 Å². The molecule has 27 heavy (non-hydrogen) atoms. The van der Waals surface area contributed by atoms with Gasteiger partial charge in [-0.05, 0) is 49.6 Å². The van der Waals surface area contributed by atoms with Crippen LogP contribution in [0.2, 0.25) is 5.02 Å². The van der Waals surface area contributed by atoms with Crippen molar-refractivity contribution >= 4 is 35.4 Å². The molecule has 2 amide bonds. The van der Waals surface area contributed by atoms with Crippen LogP contribution in [0.25, 0.3) is 0 Å². The Hall–Kier alpha value is -2.06. The number of halogens is 1. The van der Waals surface area contributed by atoms with Gasteiger partial charge in [-0.1, -0.05) is 48.0 Å². The third kappa shape index (κ3) is 4.81. The zero-order valence-electron chi connectivity index (χ0n) is 15.0. The fraction of sp³-hybridized carbons (Fsp3) is 0.263. The highest BCUT2D eigenvalue weighted by Crippen LogP contribution is 2.22. The van der Waals surface area contributed by atoms with Crippen molar-refractivity contribution in [3.63, 3.8) is 0 Å². The first-order valence-corrected chi connectivity index (χ1v) is 9.73. The van der Waals surface area contributed by atoms with E-state index in [-0.39, 0.29) is 11.8 Å². The van der Waals surface area contributed by atoms with E-state index < -0.39 is 17.0 Å². The van der Waals surface area contributed by atoms with Gasteiger partial charge in [-0.2, -0.15) is 4.83 Å². The van der Waals surface area contributed by atoms with Crippen molar-refractivity contribution < 1.29 is 9.59 Å². The molecule has 1 fully saturated rings. The summed E-state index contributed by atoms with van der Waals surface area (Å²) in [5, 5.41) is 5.91. The molecule has 2 aromatic rings. The maximum absolute atomic E-state index is 12.8. The summed E-state index contributed by atoms with van der Waals surface area (Å²) in [4.78, 5) is 28.1. The minimum Gasteiger partial charge on any atom is -0.346 e. The van der Waals surface area contributed by atoms with Crippen molar-refractivity contribution in [1.82, 2.24) is 20.9 Å². The maximum atomic E-state index is 12.8. The van der Waals surface area contributed by atoms with Crippen molar-refractivity contribution in [2.45, 2.75) is 30.8 Å². The summed E-state index contributed by atoms with van der Waals surface area (Å²) in [6.07, 6.45) is 0. The summed E-state index contributed by atoms with van der Waals surface area (Å²) >= 11 is 7.18. The quantitative estimate of drug-likeness (QED) is 0.576. The molecule has 0 aliphatic carbocycles. The predicted molar refractivity (Wildman–Crippen MR) is 108 cm³/mol. The first-order valence-electron chi connectivity index (χ1n) is 8.47. The number of carbonyl (C=O) groups is 2. The number of benzene rings is 2. The van der Waals surface area contributed by atoms with Crippen LogP contribution < -0.4 is 20.9 Å². The Morgan fingerprint density at radius 2 is 1.85 bits per heavy atom. The number of nitrogens with one attached hydrogen (secondary N) is 4. The number of rotatable bonds is 5. The van der Waals surface area contributed by atoms with E-state index >= 15 is 0 Å². The second-order valence-electron chi connectivity index (χ2n) is 6.73. The first-order chi connectivity index (χ1) is 12.9. The average molecular weight is 405 g/mol. The van der Waals surface area contributed by atoms with E-state index in [1.165, 1.54) is 11.9 Å². The molecule has 1 aliphatic rings. The standard InChI is InChI=1S/C19H21ClN4O2S/c1-19(2,13-8-4-3-5-9-13)22-17(26)15-18(27-24-23-15)21-16(25)12-7-6-10-14(20)11-12/h3-11,15,18,23-24H,1-2H3,(H,21,25)(H,22,26). The predicted octanol–water partition coefficient (Wildman–Crippen LogP) is 2.57. The molecule has 2 aromatic carbocycles. The number of hydrazine groups is 1. The summed E-state index contributed by atoms with van der Waals surface area (Å²) in [7, 11) is 0. The number of hydrogen-bond acceptors (Lipinski definition) is 5. The molecule has 1 aliphatic heterocycles. The molecule has 1 saturated heterocycles. The van der Waals surface area contributed by atoms with Gasteiger partial charge in [0.1, 0.15) is 11.4 Å². The van der Waals surface area contributed by atoms with E-state index in [0.717, 1.165) is 5.56 Å². The molecule has 8 heteroatoms. The largest absolute Gasteiger partial charge is 0.346 e. The Morgan fingerprint density at radius 1 is 1.11 bits per heavy atom. The van der Waals surface area contributed by atoms with Gasteiger partial charge in [-0.3, -0.25) is 9.59 Å². The van der Waals surface area contributed by atoms with Crippen LogP contribution in [0.4, 0.5) is 0 Å². The SMILES string of the molecule is CC(C)(NC(=O)C1NNSC1NC(=O)c1cccc(Cl)c1)c1ccccc1. The Kier molecular flexibility index (Phi) is 6.06. The monoisotopic (exact) mass is 404 g/mol. The van der Waals surface area contributed by atoms with Crippen molar-refractivity contribution in [3.05, 3.63) is 70.7 Å². The molecule has 1 heterocycles. The summed E-state index contributed by atoms with van der Waals surface area (Å²) in [5.74, 6) is -0.502. The van der Waals surface area contributed by atoms with Gasteiger partial charge in [0.05, 0.1) is 5.54 Å². The van der Waals surface area contributed by atoms with E-state index in [2.05, 4.69) is 20.9 Å². The van der Waals surface area contributed by atoms with Crippen LogP contribution in [0.1, 0.15) is 29.8 Å². The Labute approximate surface area is 167 Å². The lowest BCUT2D eigenvalue weighted by Crippen LogP contribution is -2.55. The molecular weight excluding hydrogens is 384 g/mol. The van der Waals surface area contributed by atoms with Gasteiger partial charge >= 0.3 is 0 Å². The third-order valence-corrected chi connectivity index (χ3v) is 5.39. The number of amides is 2. The molecule has 2 unspecified atom stereocenters. The van der Waals surface area contributed by atoms with Gasteiger partial charge in [0.15, 0.2) is 0 Å². The molecule has 0 aromatic heterocycles. The van der Waals surface area contributed by atoms with E-state index in [1.807, 2.05) is 44.2 Å². The molecular formula is C19H21ClN4O2S. The van der Waals surface area contributed by atoms with Gasteiger partial charge < -0.3 is 10.6 Å². The maximum Gasteiger partial charge on any atom is 0.252 e. The third-order valence-electron chi connectivity index (χ3n) is 4.28. The van der Waals surface area contributed by atoms with Gasteiger partial charge in [0.2, 0.25) is 5.91 Å². The lowest BCUT2D eigenvalue weighted by Gasteiger charge is -2.29. The van der Waals surface area contributed by atoms with Crippen molar-refractivity contribution in [3.8, 4) is 0 Å². The molecule has 6 nitrogen and oxygen atoms in total. The first kappa shape index (κ1) is 19.7. The minimum atomic E-state index is -0.624. The smallest absolute Gasteiger partial charge is 0.252 e. The molecule has 2 atom stereocenters. The van der Waals surface area contributed by atoms with Crippen LogP contribution in [-0.2, 0) is 10.3 Å². The van der Waals surface area contributed by atoms with Crippen LogP contribution in [-0.4, -0.2) is 23.2 Å². The Morgan fingerprint density at radius 3 is 2.56 bits per heavy atom. The number of carbonyl (C=O) groups excluding carboxylic acids is 2. The van der Waals surface area contributed by atoms with E-state index in [9.17, 15) is 9.59 Å². The normalized spacial score (nSPS) is 19.5. The Bertz CT molecular complexity index is 831.